The van der Waals surface area contributed by atoms with Crippen molar-refractivity contribution in [1.82, 2.24) is 10.3 Å². The minimum Gasteiger partial charge on any atom is -0.304 e. The van der Waals surface area contributed by atoms with Gasteiger partial charge in [-0.15, -0.1) is 11.3 Å². The molecule has 0 bridgehead atoms. The number of rotatable bonds is 3. The van der Waals surface area contributed by atoms with E-state index in [0.717, 1.165) is 8.79 Å². The van der Waals surface area contributed by atoms with Crippen molar-refractivity contribution in [3.63, 3.8) is 0 Å². The van der Waals surface area contributed by atoms with Crippen molar-refractivity contribution in [2.75, 3.05) is 11.5 Å². The second-order valence-electron chi connectivity index (χ2n) is 3.99. The van der Waals surface area contributed by atoms with Crippen molar-refractivity contribution < 1.29 is 8.42 Å². The predicted molar refractivity (Wildman–Crippen MR) is 68.4 cm³/mol. The first-order chi connectivity index (χ1) is 7.46. The van der Waals surface area contributed by atoms with Crippen molar-refractivity contribution in [1.29, 1.82) is 0 Å². The molecule has 0 aliphatic carbocycles. The molecule has 2 atom stereocenters. The van der Waals surface area contributed by atoms with Crippen LogP contribution in [0.25, 0.3) is 0 Å². The van der Waals surface area contributed by atoms with Crippen LogP contribution in [0.3, 0.4) is 0 Å². The maximum atomic E-state index is 11.3. The van der Waals surface area contributed by atoms with Crippen LogP contribution >= 0.6 is 27.3 Å². The second kappa shape index (κ2) is 4.72. The zero-order valence-corrected chi connectivity index (χ0v) is 12.0. The first-order valence-electron chi connectivity index (χ1n) is 5.04. The molecule has 0 saturated carbocycles. The topological polar surface area (TPSA) is 59.1 Å². The highest BCUT2D eigenvalue weighted by molar-refractivity contribution is 9.11. The molecule has 90 valence electrons. The van der Waals surface area contributed by atoms with Gasteiger partial charge in [0, 0.05) is 6.04 Å². The Bertz CT molecular complexity index is 472. The van der Waals surface area contributed by atoms with E-state index in [1.54, 1.807) is 17.5 Å². The molecule has 1 N–H and O–H groups in total. The average Bonchev–Trinajstić information content (AvgIpc) is 2.73. The van der Waals surface area contributed by atoms with Gasteiger partial charge >= 0.3 is 0 Å². The van der Waals surface area contributed by atoms with Gasteiger partial charge < -0.3 is 5.32 Å². The number of nitrogens with one attached hydrogen (secondary N) is 1. The summed E-state index contributed by atoms with van der Waals surface area (Å²) in [4.78, 5) is 4.25. The van der Waals surface area contributed by atoms with Crippen LogP contribution < -0.4 is 5.32 Å². The normalized spacial score (nSPS) is 25.8. The number of sulfone groups is 1. The highest BCUT2D eigenvalue weighted by atomic mass is 79.9. The monoisotopic (exact) mass is 324 g/mol. The summed E-state index contributed by atoms with van der Waals surface area (Å²) in [5.74, 6) is 0.558. The number of thiazole rings is 1. The smallest absolute Gasteiger partial charge is 0.151 e. The number of hydrogen-bond donors (Lipinski definition) is 1. The van der Waals surface area contributed by atoms with Gasteiger partial charge in [-0.3, -0.25) is 0 Å². The Morgan fingerprint density at radius 1 is 1.69 bits per heavy atom. The number of nitrogens with zero attached hydrogens (tertiary/aromatic N) is 1. The lowest BCUT2D eigenvalue weighted by molar-refractivity contribution is 0.483. The molecule has 16 heavy (non-hydrogen) atoms. The Morgan fingerprint density at radius 2 is 2.44 bits per heavy atom. The van der Waals surface area contributed by atoms with E-state index >= 15 is 0 Å². The van der Waals surface area contributed by atoms with Gasteiger partial charge in [-0.05, 0) is 29.3 Å². The van der Waals surface area contributed by atoms with E-state index in [1.807, 2.05) is 6.92 Å². The molecule has 1 fully saturated rings. The molecule has 0 spiro atoms. The summed E-state index contributed by atoms with van der Waals surface area (Å²) in [7, 11) is -2.81. The summed E-state index contributed by atoms with van der Waals surface area (Å²) >= 11 is 4.94. The largest absolute Gasteiger partial charge is 0.304 e. The molecular weight excluding hydrogens is 312 g/mol. The van der Waals surface area contributed by atoms with Gasteiger partial charge in [0.2, 0.25) is 0 Å². The molecule has 4 nitrogen and oxygen atoms in total. The SMILES string of the molecule is CC(NC1CCS(=O)(=O)C1)c1ncc(Br)s1. The summed E-state index contributed by atoms with van der Waals surface area (Å²) in [5, 5.41) is 4.29. The van der Waals surface area contributed by atoms with Gasteiger partial charge in [0.1, 0.15) is 5.01 Å². The summed E-state index contributed by atoms with van der Waals surface area (Å²) in [6.07, 6.45) is 2.47. The molecule has 1 saturated heterocycles. The second-order valence-corrected chi connectivity index (χ2v) is 8.66. The summed E-state index contributed by atoms with van der Waals surface area (Å²) in [6.45, 7) is 2.01. The number of halogens is 1. The quantitative estimate of drug-likeness (QED) is 0.920. The van der Waals surface area contributed by atoms with Crippen LogP contribution in [0.4, 0.5) is 0 Å². The third kappa shape index (κ3) is 3.03. The molecule has 2 unspecified atom stereocenters. The van der Waals surface area contributed by atoms with Gasteiger partial charge in [-0.25, -0.2) is 13.4 Å². The van der Waals surface area contributed by atoms with Crippen molar-refractivity contribution in [3.8, 4) is 0 Å². The van der Waals surface area contributed by atoms with E-state index < -0.39 is 9.84 Å². The molecule has 0 radical (unpaired) electrons. The van der Waals surface area contributed by atoms with Crippen LogP contribution in [-0.2, 0) is 9.84 Å². The van der Waals surface area contributed by atoms with E-state index in [0.29, 0.717) is 12.2 Å². The van der Waals surface area contributed by atoms with E-state index in [1.165, 1.54) is 0 Å². The fraction of sp³-hybridized carbons (Fsp3) is 0.667. The van der Waals surface area contributed by atoms with Gasteiger partial charge in [0.05, 0.1) is 27.5 Å². The van der Waals surface area contributed by atoms with Crippen LogP contribution in [0.5, 0.6) is 0 Å². The fourth-order valence-electron chi connectivity index (χ4n) is 1.82. The zero-order chi connectivity index (χ0) is 11.8. The third-order valence-corrected chi connectivity index (χ3v) is 6.01. The molecule has 1 aliphatic rings. The number of hydrogen-bond acceptors (Lipinski definition) is 5. The van der Waals surface area contributed by atoms with Crippen LogP contribution in [0.2, 0.25) is 0 Å². The van der Waals surface area contributed by atoms with Crippen molar-refractivity contribution >= 4 is 37.1 Å². The van der Waals surface area contributed by atoms with Crippen LogP contribution in [0, 0.1) is 0 Å². The molecule has 0 amide bonds. The summed E-state index contributed by atoms with van der Waals surface area (Å²) in [5.41, 5.74) is 0. The fourth-order valence-corrected chi connectivity index (χ4v) is 4.76. The highest BCUT2D eigenvalue weighted by Gasteiger charge is 2.29. The predicted octanol–water partition coefficient (Wildman–Crippen LogP) is 1.74. The molecule has 2 rings (SSSR count). The molecule has 1 aliphatic heterocycles. The lowest BCUT2D eigenvalue weighted by Crippen LogP contribution is -2.32. The van der Waals surface area contributed by atoms with E-state index in [-0.39, 0.29) is 17.8 Å². The zero-order valence-electron chi connectivity index (χ0n) is 8.81. The van der Waals surface area contributed by atoms with Crippen molar-refractivity contribution in [2.24, 2.45) is 0 Å². The Hall–Kier alpha value is 0.0200. The highest BCUT2D eigenvalue weighted by Crippen LogP contribution is 2.25. The molecule has 7 heteroatoms. The van der Waals surface area contributed by atoms with Gasteiger partial charge in [0.25, 0.3) is 0 Å². The van der Waals surface area contributed by atoms with E-state index in [2.05, 4.69) is 26.2 Å². The van der Waals surface area contributed by atoms with Gasteiger partial charge in [-0.2, -0.15) is 0 Å². The van der Waals surface area contributed by atoms with Crippen LogP contribution in [0.15, 0.2) is 9.98 Å². The molecular formula is C9H13BrN2O2S2. The third-order valence-electron chi connectivity index (χ3n) is 2.58. The van der Waals surface area contributed by atoms with Crippen molar-refractivity contribution in [3.05, 3.63) is 15.0 Å². The van der Waals surface area contributed by atoms with E-state index in [9.17, 15) is 8.42 Å². The first kappa shape index (κ1) is 12.5. The number of aromatic nitrogens is 1. The summed E-state index contributed by atoms with van der Waals surface area (Å²) < 4.78 is 23.6. The average molecular weight is 325 g/mol. The lowest BCUT2D eigenvalue weighted by atomic mass is 10.2. The lowest BCUT2D eigenvalue weighted by Gasteiger charge is -2.15. The molecule has 1 aromatic heterocycles. The molecule has 1 aromatic rings. The van der Waals surface area contributed by atoms with E-state index in [4.69, 9.17) is 0 Å². The Kier molecular flexibility index (Phi) is 3.68. The summed E-state index contributed by atoms with van der Waals surface area (Å²) in [6, 6.07) is 0.178. The van der Waals surface area contributed by atoms with Crippen LogP contribution in [0.1, 0.15) is 24.4 Å². The van der Waals surface area contributed by atoms with Crippen LogP contribution in [-0.4, -0.2) is 30.9 Å². The van der Waals surface area contributed by atoms with Gasteiger partial charge in [0.15, 0.2) is 9.84 Å². The minimum atomic E-state index is -2.81. The molecule has 0 aromatic carbocycles. The Labute approximate surface area is 108 Å². The minimum absolute atomic E-state index is 0.0719. The first-order valence-corrected chi connectivity index (χ1v) is 8.47. The Balaban J connectivity index is 1.96. The van der Waals surface area contributed by atoms with Gasteiger partial charge in [-0.1, -0.05) is 0 Å². The maximum Gasteiger partial charge on any atom is 0.151 e. The maximum absolute atomic E-state index is 11.3. The molecule has 2 heterocycles. The Morgan fingerprint density at radius 3 is 2.94 bits per heavy atom. The van der Waals surface area contributed by atoms with Crippen molar-refractivity contribution in [2.45, 2.75) is 25.4 Å². The standard InChI is InChI=1S/C9H13BrN2O2S2/c1-6(9-11-4-8(10)15-9)12-7-2-3-16(13,14)5-7/h4,6-7,12H,2-3,5H2,1H3.